The van der Waals surface area contributed by atoms with Crippen molar-refractivity contribution in [3.63, 3.8) is 0 Å². The Kier molecular flexibility index (Phi) is 3.46. The van der Waals surface area contributed by atoms with Crippen LogP contribution in [0.2, 0.25) is 5.02 Å². The molecule has 2 rings (SSSR count). The lowest BCUT2D eigenvalue weighted by molar-refractivity contribution is 0.139. The van der Waals surface area contributed by atoms with E-state index < -0.39 is 5.67 Å². The van der Waals surface area contributed by atoms with E-state index in [1.807, 2.05) is 13.8 Å². The summed E-state index contributed by atoms with van der Waals surface area (Å²) in [4.78, 5) is 0. The molecular formula is C12H19ClFN3. The largest absolute Gasteiger partial charge is 0.328 e. The summed E-state index contributed by atoms with van der Waals surface area (Å²) in [7, 11) is 0. The Bertz CT molecular complexity index is 414. The van der Waals surface area contributed by atoms with Gasteiger partial charge in [0.25, 0.3) is 0 Å². The minimum atomic E-state index is -1.32. The van der Waals surface area contributed by atoms with Gasteiger partial charge < -0.3 is 5.73 Å². The third-order valence-corrected chi connectivity index (χ3v) is 4.05. The van der Waals surface area contributed by atoms with Gasteiger partial charge in [0.15, 0.2) is 0 Å². The minimum Gasteiger partial charge on any atom is -0.328 e. The molecule has 3 nitrogen and oxygen atoms in total. The van der Waals surface area contributed by atoms with Crippen molar-refractivity contribution in [3.05, 3.63) is 16.4 Å². The fourth-order valence-corrected chi connectivity index (χ4v) is 2.50. The Morgan fingerprint density at radius 2 is 2.24 bits per heavy atom. The SMILES string of the molecule is CCn1nc(C)c(Cl)c1CC(F)(CN)C1CC1. The summed E-state index contributed by atoms with van der Waals surface area (Å²) in [5, 5.41) is 4.89. The van der Waals surface area contributed by atoms with Crippen molar-refractivity contribution in [2.75, 3.05) is 6.54 Å². The molecule has 0 aromatic carbocycles. The molecule has 96 valence electrons. The average molecular weight is 260 g/mol. The minimum absolute atomic E-state index is 0.0575. The lowest BCUT2D eigenvalue weighted by Crippen LogP contribution is -2.38. The highest BCUT2D eigenvalue weighted by Crippen LogP contribution is 2.44. The summed E-state index contributed by atoms with van der Waals surface area (Å²) in [6.07, 6.45) is 2.15. The maximum atomic E-state index is 14.7. The van der Waals surface area contributed by atoms with Gasteiger partial charge in [-0.1, -0.05) is 11.6 Å². The Hall–Kier alpha value is -0.610. The Morgan fingerprint density at radius 1 is 1.59 bits per heavy atom. The monoisotopic (exact) mass is 259 g/mol. The molecule has 0 saturated heterocycles. The van der Waals surface area contributed by atoms with Gasteiger partial charge in [0.2, 0.25) is 0 Å². The maximum absolute atomic E-state index is 14.7. The van der Waals surface area contributed by atoms with Gasteiger partial charge in [0.1, 0.15) is 5.67 Å². The highest BCUT2D eigenvalue weighted by Gasteiger charge is 2.45. The summed E-state index contributed by atoms with van der Waals surface area (Å²) < 4.78 is 16.5. The zero-order valence-corrected chi connectivity index (χ0v) is 11.1. The highest BCUT2D eigenvalue weighted by atomic mass is 35.5. The van der Waals surface area contributed by atoms with Crippen molar-refractivity contribution in [3.8, 4) is 0 Å². The smallest absolute Gasteiger partial charge is 0.131 e. The van der Waals surface area contributed by atoms with Gasteiger partial charge in [0, 0.05) is 19.5 Å². The van der Waals surface area contributed by atoms with E-state index in [0.717, 1.165) is 24.2 Å². The van der Waals surface area contributed by atoms with Crippen molar-refractivity contribution in [2.45, 2.75) is 45.3 Å². The molecule has 1 aliphatic rings. The molecule has 5 heteroatoms. The van der Waals surface area contributed by atoms with Crippen LogP contribution in [0.3, 0.4) is 0 Å². The molecule has 0 radical (unpaired) electrons. The molecule has 0 aliphatic heterocycles. The van der Waals surface area contributed by atoms with Crippen molar-refractivity contribution >= 4 is 11.6 Å². The molecule has 0 bridgehead atoms. The Morgan fingerprint density at radius 3 is 2.71 bits per heavy atom. The number of rotatable bonds is 5. The van der Waals surface area contributed by atoms with Crippen molar-refractivity contribution < 1.29 is 4.39 Å². The van der Waals surface area contributed by atoms with Crippen LogP contribution in [0.25, 0.3) is 0 Å². The zero-order chi connectivity index (χ0) is 12.6. The van der Waals surface area contributed by atoms with Gasteiger partial charge in [-0.25, -0.2) is 4.39 Å². The van der Waals surface area contributed by atoms with Crippen LogP contribution in [-0.2, 0) is 13.0 Å². The lowest BCUT2D eigenvalue weighted by atomic mass is 9.94. The van der Waals surface area contributed by atoms with Crippen LogP contribution in [0.1, 0.15) is 31.2 Å². The number of nitrogens with two attached hydrogens (primary N) is 1. The summed E-state index contributed by atoms with van der Waals surface area (Å²) in [6.45, 7) is 4.58. The van der Waals surface area contributed by atoms with E-state index in [1.165, 1.54) is 0 Å². The number of halogens is 2. The first-order valence-electron chi connectivity index (χ1n) is 6.12. The van der Waals surface area contributed by atoms with E-state index in [1.54, 1.807) is 4.68 Å². The number of nitrogens with zero attached hydrogens (tertiary/aromatic N) is 2. The molecule has 1 atom stereocenters. The van der Waals surface area contributed by atoms with E-state index in [0.29, 0.717) is 11.6 Å². The quantitative estimate of drug-likeness (QED) is 0.883. The molecule has 1 aromatic heterocycles. The first-order chi connectivity index (χ1) is 8.01. The highest BCUT2D eigenvalue weighted by molar-refractivity contribution is 6.31. The molecule has 2 N–H and O–H groups in total. The summed E-state index contributed by atoms with van der Waals surface area (Å²) in [5.41, 5.74) is 5.83. The second-order valence-electron chi connectivity index (χ2n) is 4.85. The van der Waals surface area contributed by atoms with E-state index in [2.05, 4.69) is 5.10 Å². The summed E-state index contributed by atoms with van der Waals surface area (Å²) >= 11 is 6.19. The molecule has 1 aromatic rings. The first kappa shape index (κ1) is 12.8. The normalized spacial score (nSPS) is 19.4. The van der Waals surface area contributed by atoms with E-state index in [-0.39, 0.29) is 18.9 Å². The fraction of sp³-hybridized carbons (Fsp3) is 0.750. The maximum Gasteiger partial charge on any atom is 0.131 e. The van der Waals surface area contributed by atoms with Crippen LogP contribution in [0.4, 0.5) is 4.39 Å². The lowest BCUT2D eigenvalue weighted by Gasteiger charge is -2.23. The number of aryl methyl sites for hydroxylation is 2. The average Bonchev–Trinajstić information content (AvgIpc) is 3.13. The Labute approximate surface area is 106 Å². The van der Waals surface area contributed by atoms with Gasteiger partial charge in [-0.15, -0.1) is 0 Å². The van der Waals surface area contributed by atoms with E-state index >= 15 is 0 Å². The van der Waals surface area contributed by atoms with E-state index in [9.17, 15) is 4.39 Å². The molecule has 1 fully saturated rings. The predicted octanol–water partition coefficient (Wildman–Crippen LogP) is 2.48. The second-order valence-corrected chi connectivity index (χ2v) is 5.23. The molecule has 17 heavy (non-hydrogen) atoms. The Balaban J connectivity index is 2.27. The van der Waals surface area contributed by atoms with Gasteiger partial charge >= 0.3 is 0 Å². The molecular weight excluding hydrogens is 241 g/mol. The molecule has 0 amide bonds. The van der Waals surface area contributed by atoms with Crippen LogP contribution < -0.4 is 5.73 Å². The second kappa shape index (κ2) is 4.58. The van der Waals surface area contributed by atoms with Crippen LogP contribution >= 0.6 is 11.6 Å². The molecule has 1 saturated carbocycles. The topological polar surface area (TPSA) is 43.8 Å². The summed E-state index contributed by atoms with van der Waals surface area (Å²) in [6, 6.07) is 0. The summed E-state index contributed by atoms with van der Waals surface area (Å²) in [5.74, 6) is 0.101. The van der Waals surface area contributed by atoms with Gasteiger partial charge in [-0.2, -0.15) is 5.10 Å². The molecule has 1 unspecified atom stereocenters. The first-order valence-corrected chi connectivity index (χ1v) is 6.50. The van der Waals surface area contributed by atoms with E-state index in [4.69, 9.17) is 17.3 Å². The molecule has 1 heterocycles. The standard InChI is InChI=1S/C12H19ClFN3/c1-3-17-10(11(13)8(2)16-17)6-12(14,7-15)9-4-5-9/h9H,3-7,15H2,1-2H3. The van der Waals surface area contributed by atoms with Crippen LogP contribution in [0.15, 0.2) is 0 Å². The number of hydrogen-bond donors (Lipinski definition) is 1. The number of aromatic nitrogens is 2. The van der Waals surface area contributed by atoms with Gasteiger partial charge in [-0.3, -0.25) is 4.68 Å². The zero-order valence-electron chi connectivity index (χ0n) is 10.3. The number of alkyl halides is 1. The van der Waals surface area contributed by atoms with Gasteiger partial charge in [-0.05, 0) is 32.6 Å². The number of hydrogen-bond acceptors (Lipinski definition) is 2. The third kappa shape index (κ3) is 2.33. The van der Waals surface area contributed by atoms with Crippen molar-refractivity contribution in [1.29, 1.82) is 0 Å². The van der Waals surface area contributed by atoms with Crippen molar-refractivity contribution in [1.82, 2.24) is 9.78 Å². The molecule has 1 aliphatic carbocycles. The van der Waals surface area contributed by atoms with Crippen LogP contribution in [0.5, 0.6) is 0 Å². The molecule has 0 spiro atoms. The van der Waals surface area contributed by atoms with Gasteiger partial charge in [0.05, 0.1) is 16.4 Å². The van der Waals surface area contributed by atoms with Crippen LogP contribution in [-0.4, -0.2) is 22.0 Å². The fourth-order valence-electron chi connectivity index (χ4n) is 2.30. The predicted molar refractivity (Wildman–Crippen MR) is 67.0 cm³/mol. The van der Waals surface area contributed by atoms with Crippen LogP contribution in [0, 0.1) is 12.8 Å². The van der Waals surface area contributed by atoms with Crippen molar-refractivity contribution in [2.24, 2.45) is 11.7 Å². The third-order valence-electron chi connectivity index (χ3n) is 3.56.